The molecule has 0 radical (unpaired) electrons. The van der Waals surface area contributed by atoms with Crippen LogP contribution in [0.4, 0.5) is 13.2 Å². The summed E-state index contributed by atoms with van der Waals surface area (Å²) in [6.07, 6.45) is -3.11. The highest BCUT2D eigenvalue weighted by Crippen LogP contribution is 2.37. The standard InChI is InChI=1S/C8H13ClF3NO2S/c9-5-16(14,15)13-7-4-2-1-3-6(7)8(10,11)12/h6-7,13H,1-5H2. The van der Waals surface area contributed by atoms with E-state index in [-0.39, 0.29) is 12.8 Å². The number of hydrogen-bond acceptors (Lipinski definition) is 2. The Balaban J connectivity index is 2.76. The lowest BCUT2D eigenvalue weighted by atomic mass is 9.85. The van der Waals surface area contributed by atoms with E-state index in [1.807, 2.05) is 4.72 Å². The van der Waals surface area contributed by atoms with Crippen molar-refractivity contribution in [1.29, 1.82) is 0 Å². The van der Waals surface area contributed by atoms with E-state index in [0.717, 1.165) is 0 Å². The van der Waals surface area contributed by atoms with Gasteiger partial charge in [0.15, 0.2) is 0 Å². The average molecular weight is 280 g/mol. The molecule has 0 heterocycles. The zero-order chi connectivity index (χ0) is 12.4. The second-order valence-corrected chi connectivity index (χ2v) is 6.22. The van der Waals surface area contributed by atoms with Crippen LogP contribution in [0, 0.1) is 5.92 Å². The Labute approximate surface area is 97.4 Å². The van der Waals surface area contributed by atoms with Crippen molar-refractivity contribution in [1.82, 2.24) is 4.72 Å². The van der Waals surface area contributed by atoms with E-state index in [4.69, 9.17) is 11.6 Å². The molecule has 3 nitrogen and oxygen atoms in total. The summed E-state index contributed by atoms with van der Waals surface area (Å²) in [6, 6.07) is -1.07. The molecule has 96 valence electrons. The Hall–Kier alpha value is -0.0100. The molecule has 1 aliphatic carbocycles. The van der Waals surface area contributed by atoms with E-state index in [1.165, 1.54) is 0 Å². The van der Waals surface area contributed by atoms with Gasteiger partial charge in [0.25, 0.3) is 0 Å². The van der Waals surface area contributed by atoms with E-state index in [0.29, 0.717) is 12.8 Å². The van der Waals surface area contributed by atoms with Gasteiger partial charge in [0.2, 0.25) is 10.0 Å². The fourth-order valence-corrected chi connectivity index (χ4v) is 2.92. The quantitative estimate of drug-likeness (QED) is 0.805. The molecule has 1 rings (SSSR count). The first-order chi connectivity index (χ1) is 7.26. The van der Waals surface area contributed by atoms with Crippen molar-refractivity contribution in [3.05, 3.63) is 0 Å². The highest BCUT2D eigenvalue weighted by molar-refractivity contribution is 7.90. The molecule has 2 atom stereocenters. The van der Waals surface area contributed by atoms with Gasteiger partial charge in [-0.05, 0) is 12.8 Å². The van der Waals surface area contributed by atoms with Gasteiger partial charge in [0.05, 0.1) is 5.92 Å². The molecule has 8 heteroatoms. The molecule has 0 aromatic carbocycles. The van der Waals surface area contributed by atoms with Gasteiger partial charge < -0.3 is 0 Å². The zero-order valence-corrected chi connectivity index (χ0v) is 10.00. The number of sulfonamides is 1. The van der Waals surface area contributed by atoms with Gasteiger partial charge in [-0.25, -0.2) is 13.1 Å². The second kappa shape index (κ2) is 5.10. The van der Waals surface area contributed by atoms with Crippen LogP contribution in [0.1, 0.15) is 25.7 Å². The lowest BCUT2D eigenvalue weighted by molar-refractivity contribution is -0.187. The summed E-state index contributed by atoms with van der Waals surface area (Å²) in [6.45, 7) is 0. The highest BCUT2D eigenvalue weighted by Gasteiger charge is 2.46. The molecule has 0 aromatic heterocycles. The van der Waals surface area contributed by atoms with Crippen LogP contribution < -0.4 is 4.72 Å². The molecule has 2 unspecified atom stereocenters. The Kier molecular flexibility index (Phi) is 4.48. The van der Waals surface area contributed by atoms with Crippen molar-refractivity contribution in [2.75, 3.05) is 5.21 Å². The maximum Gasteiger partial charge on any atom is 0.393 e. The molecule has 1 aliphatic rings. The van der Waals surface area contributed by atoms with Gasteiger partial charge in [0.1, 0.15) is 5.21 Å². The van der Waals surface area contributed by atoms with Crippen LogP contribution in [0.5, 0.6) is 0 Å². The third-order valence-electron chi connectivity index (χ3n) is 2.66. The minimum atomic E-state index is -4.36. The monoisotopic (exact) mass is 279 g/mol. The largest absolute Gasteiger partial charge is 0.393 e. The van der Waals surface area contributed by atoms with Crippen LogP contribution in [0.2, 0.25) is 0 Å². The van der Waals surface area contributed by atoms with Crippen LogP contribution in [0.25, 0.3) is 0 Å². The van der Waals surface area contributed by atoms with Crippen molar-refractivity contribution in [3.63, 3.8) is 0 Å². The molecule has 16 heavy (non-hydrogen) atoms. The molecule has 0 amide bonds. The van der Waals surface area contributed by atoms with Crippen LogP contribution in [-0.2, 0) is 10.0 Å². The van der Waals surface area contributed by atoms with Crippen LogP contribution in [-0.4, -0.2) is 25.8 Å². The average Bonchev–Trinajstić information content (AvgIpc) is 2.16. The predicted molar refractivity (Wildman–Crippen MR) is 54.6 cm³/mol. The maximum atomic E-state index is 12.6. The smallest absolute Gasteiger partial charge is 0.211 e. The van der Waals surface area contributed by atoms with E-state index in [9.17, 15) is 21.6 Å². The van der Waals surface area contributed by atoms with Crippen molar-refractivity contribution in [2.45, 2.75) is 37.9 Å². The second-order valence-electron chi connectivity index (χ2n) is 3.88. The fourth-order valence-electron chi connectivity index (χ4n) is 1.93. The van der Waals surface area contributed by atoms with Crippen LogP contribution in [0.3, 0.4) is 0 Å². The van der Waals surface area contributed by atoms with Gasteiger partial charge in [0, 0.05) is 6.04 Å². The summed E-state index contributed by atoms with van der Waals surface area (Å²) >= 11 is 5.14. The third-order valence-corrected chi connectivity index (χ3v) is 4.47. The topological polar surface area (TPSA) is 46.2 Å². The zero-order valence-electron chi connectivity index (χ0n) is 8.43. The molecular weight excluding hydrogens is 267 g/mol. The van der Waals surface area contributed by atoms with Crippen molar-refractivity contribution >= 4 is 21.6 Å². The Bertz CT molecular complexity index is 331. The van der Waals surface area contributed by atoms with E-state index < -0.39 is 33.4 Å². The molecular formula is C8H13ClF3NO2S. The molecule has 0 spiro atoms. The Morgan fingerprint density at radius 3 is 2.31 bits per heavy atom. The van der Waals surface area contributed by atoms with Crippen LogP contribution >= 0.6 is 11.6 Å². The molecule has 1 saturated carbocycles. The maximum absolute atomic E-state index is 12.6. The molecule has 0 aromatic rings. The van der Waals surface area contributed by atoms with E-state index in [1.54, 1.807) is 0 Å². The Morgan fingerprint density at radius 1 is 1.25 bits per heavy atom. The number of rotatable bonds is 3. The Morgan fingerprint density at radius 2 is 1.81 bits per heavy atom. The van der Waals surface area contributed by atoms with Gasteiger partial charge in [-0.15, -0.1) is 11.6 Å². The summed E-state index contributed by atoms with van der Waals surface area (Å²) < 4.78 is 62.1. The molecule has 1 fully saturated rings. The lowest BCUT2D eigenvalue weighted by Gasteiger charge is -2.32. The van der Waals surface area contributed by atoms with Crippen molar-refractivity contribution in [2.24, 2.45) is 5.92 Å². The lowest BCUT2D eigenvalue weighted by Crippen LogP contribution is -2.47. The first-order valence-electron chi connectivity index (χ1n) is 4.89. The minimum absolute atomic E-state index is 0.0288. The third kappa shape index (κ3) is 3.78. The summed E-state index contributed by atoms with van der Waals surface area (Å²) in [4.78, 5) is 0. The van der Waals surface area contributed by atoms with Crippen molar-refractivity contribution < 1.29 is 21.6 Å². The molecule has 0 aliphatic heterocycles. The van der Waals surface area contributed by atoms with Gasteiger partial charge in [-0.3, -0.25) is 0 Å². The summed E-state index contributed by atoms with van der Waals surface area (Å²) in [5, 5.41) is -0.714. The first kappa shape index (κ1) is 14.1. The number of alkyl halides is 4. The van der Waals surface area contributed by atoms with E-state index in [2.05, 4.69) is 0 Å². The van der Waals surface area contributed by atoms with Crippen LogP contribution in [0.15, 0.2) is 0 Å². The molecule has 0 bridgehead atoms. The number of hydrogen-bond donors (Lipinski definition) is 1. The van der Waals surface area contributed by atoms with Gasteiger partial charge in [-0.2, -0.15) is 13.2 Å². The summed E-state index contributed by atoms with van der Waals surface area (Å²) in [7, 11) is -3.80. The first-order valence-corrected chi connectivity index (χ1v) is 7.07. The minimum Gasteiger partial charge on any atom is -0.211 e. The number of halogens is 4. The van der Waals surface area contributed by atoms with Crippen molar-refractivity contribution in [3.8, 4) is 0 Å². The molecule has 1 N–H and O–H groups in total. The molecule has 0 saturated heterocycles. The van der Waals surface area contributed by atoms with Gasteiger partial charge in [-0.1, -0.05) is 12.8 Å². The highest BCUT2D eigenvalue weighted by atomic mass is 35.5. The number of nitrogens with one attached hydrogen (secondary N) is 1. The fraction of sp³-hybridized carbons (Fsp3) is 1.00. The predicted octanol–water partition coefficient (Wildman–Crippen LogP) is 2.22. The normalized spacial score (nSPS) is 28.0. The summed E-state index contributed by atoms with van der Waals surface area (Å²) in [5.74, 6) is -1.60. The SMILES string of the molecule is O=S(=O)(CCl)NC1CCCCC1C(F)(F)F. The van der Waals surface area contributed by atoms with E-state index >= 15 is 0 Å². The summed E-state index contributed by atoms with van der Waals surface area (Å²) in [5.41, 5.74) is 0. The van der Waals surface area contributed by atoms with Gasteiger partial charge >= 0.3 is 6.18 Å².